The van der Waals surface area contributed by atoms with E-state index in [1.54, 1.807) is 22.9 Å². The highest BCUT2D eigenvalue weighted by Crippen LogP contribution is 2.02. The van der Waals surface area contributed by atoms with Gasteiger partial charge in [-0.05, 0) is 31.2 Å². The summed E-state index contributed by atoms with van der Waals surface area (Å²) in [6, 6.07) is 5.16. The van der Waals surface area contributed by atoms with Crippen molar-refractivity contribution in [2.45, 2.75) is 46.1 Å². The fraction of sp³-hybridized carbons (Fsp3) is 0.600. The number of nitrogens with one attached hydrogen (secondary N) is 1. The third-order valence-electron chi connectivity index (χ3n) is 3.00. The Kier molecular flexibility index (Phi) is 6.93. The molecule has 1 aromatic rings. The van der Waals surface area contributed by atoms with E-state index in [9.17, 15) is 9.59 Å². The van der Waals surface area contributed by atoms with Crippen LogP contribution in [0.1, 0.15) is 39.5 Å². The molecule has 0 saturated carbocycles. The van der Waals surface area contributed by atoms with Gasteiger partial charge in [0.2, 0.25) is 11.5 Å². The lowest BCUT2D eigenvalue weighted by molar-refractivity contribution is -0.121. The third kappa shape index (κ3) is 6.79. The Bertz CT molecular complexity index is 438. The van der Waals surface area contributed by atoms with Crippen LogP contribution in [-0.4, -0.2) is 17.0 Å². The monoisotopic (exact) mass is 264 g/mol. The molecular weight excluding hydrogens is 240 g/mol. The highest BCUT2D eigenvalue weighted by Gasteiger charge is 2.02. The average Bonchev–Trinajstić information content (AvgIpc) is 2.38. The lowest BCUT2D eigenvalue weighted by atomic mass is 10.1. The van der Waals surface area contributed by atoms with E-state index in [4.69, 9.17) is 0 Å². The average molecular weight is 264 g/mol. The zero-order chi connectivity index (χ0) is 14.1. The zero-order valence-electron chi connectivity index (χ0n) is 11.9. The number of amides is 1. The molecule has 4 heteroatoms. The summed E-state index contributed by atoms with van der Waals surface area (Å²) in [7, 11) is 0. The van der Waals surface area contributed by atoms with E-state index < -0.39 is 0 Å². The van der Waals surface area contributed by atoms with Crippen LogP contribution in [0.15, 0.2) is 29.2 Å². The van der Waals surface area contributed by atoms with E-state index in [-0.39, 0.29) is 11.5 Å². The maximum Gasteiger partial charge on any atom is 0.250 e. The number of carbonyl (C=O) groups is 1. The van der Waals surface area contributed by atoms with Crippen LogP contribution in [-0.2, 0) is 11.3 Å². The summed E-state index contributed by atoms with van der Waals surface area (Å²) in [4.78, 5) is 22.9. The molecule has 0 fully saturated rings. The van der Waals surface area contributed by atoms with Gasteiger partial charge in [0, 0.05) is 31.8 Å². The molecule has 4 nitrogen and oxygen atoms in total. The number of unbranched alkanes of at least 4 members (excludes halogenated alkanes) is 1. The number of hydrogen-bond donors (Lipinski definition) is 1. The summed E-state index contributed by atoms with van der Waals surface area (Å²) in [5.74, 6) is 0.696. The van der Waals surface area contributed by atoms with Crippen LogP contribution in [0.3, 0.4) is 0 Å². The highest BCUT2D eigenvalue weighted by molar-refractivity contribution is 5.75. The Morgan fingerprint density at radius 1 is 1.32 bits per heavy atom. The Hall–Kier alpha value is -1.58. The Labute approximate surface area is 114 Å². The third-order valence-corrected chi connectivity index (χ3v) is 3.00. The molecule has 0 radical (unpaired) electrons. The lowest BCUT2D eigenvalue weighted by Crippen LogP contribution is -2.25. The molecule has 1 aromatic heterocycles. The van der Waals surface area contributed by atoms with Crippen molar-refractivity contribution < 1.29 is 4.79 Å². The first-order valence-corrected chi connectivity index (χ1v) is 7.02. The summed E-state index contributed by atoms with van der Waals surface area (Å²) >= 11 is 0. The SMILES string of the molecule is CC(C)CCC(=O)NCCCCn1ccccc1=O. The molecule has 0 aliphatic rings. The minimum Gasteiger partial charge on any atom is -0.356 e. The fourth-order valence-electron chi connectivity index (χ4n) is 1.79. The number of aryl methyl sites for hydroxylation is 1. The van der Waals surface area contributed by atoms with Gasteiger partial charge in [0.15, 0.2) is 0 Å². The molecule has 0 spiro atoms. The van der Waals surface area contributed by atoms with E-state index in [2.05, 4.69) is 19.2 Å². The maximum atomic E-state index is 11.5. The molecule has 19 heavy (non-hydrogen) atoms. The first-order chi connectivity index (χ1) is 9.09. The van der Waals surface area contributed by atoms with Crippen LogP contribution in [0, 0.1) is 5.92 Å². The van der Waals surface area contributed by atoms with Crippen LogP contribution < -0.4 is 10.9 Å². The van der Waals surface area contributed by atoms with E-state index in [1.807, 2.05) is 6.07 Å². The predicted molar refractivity (Wildman–Crippen MR) is 77.0 cm³/mol. The normalized spacial score (nSPS) is 10.7. The van der Waals surface area contributed by atoms with E-state index in [1.165, 1.54) is 0 Å². The van der Waals surface area contributed by atoms with Crippen LogP contribution in [0.25, 0.3) is 0 Å². The van der Waals surface area contributed by atoms with Crippen molar-refractivity contribution >= 4 is 5.91 Å². The minimum absolute atomic E-state index is 0.0310. The van der Waals surface area contributed by atoms with Gasteiger partial charge in [-0.1, -0.05) is 19.9 Å². The molecule has 1 amide bonds. The molecule has 0 aliphatic carbocycles. The molecule has 1 heterocycles. The second-order valence-corrected chi connectivity index (χ2v) is 5.22. The number of aromatic nitrogens is 1. The van der Waals surface area contributed by atoms with Gasteiger partial charge in [-0.3, -0.25) is 9.59 Å². The smallest absolute Gasteiger partial charge is 0.250 e. The summed E-state index contributed by atoms with van der Waals surface area (Å²) in [6.45, 7) is 5.63. The van der Waals surface area contributed by atoms with Gasteiger partial charge in [-0.2, -0.15) is 0 Å². The van der Waals surface area contributed by atoms with Crippen molar-refractivity contribution in [3.63, 3.8) is 0 Å². The number of pyridine rings is 1. The van der Waals surface area contributed by atoms with Gasteiger partial charge in [0.25, 0.3) is 0 Å². The van der Waals surface area contributed by atoms with Crippen LogP contribution in [0.2, 0.25) is 0 Å². The van der Waals surface area contributed by atoms with Crippen molar-refractivity contribution in [2.75, 3.05) is 6.54 Å². The fourth-order valence-corrected chi connectivity index (χ4v) is 1.79. The molecule has 0 saturated heterocycles. The highest BCUT2D eigenvalue weighted by atomic mass is 16.1. The lowest BCUT2D eigenvalue weighted by Gasteiger charge is -2.07. The van der Waals surface area contributed by atoms with Gasteiger partial charge in [0.1, 0.15) is 0 Å². The Morgan fingerprint density at radius 3 is 2.79 bits per heavy atom. The van der Waals surface area contributed by atoms with Gasteiger partial charge in [0.05, 0.1) is 0 Å². The zero-order valence-corrected chi connectivity index (χ0v) is 11.9. The molecule has 0 aliphatic heterocycles. The van der Waals surface area contributed by atoms with Gasteiger partial charge in [-0.15, -0.1) is 0 Å². The molecule has 0 aromatic carbocycles. The predicted octanol–water partition coefficient (Wildman–Crippen LogP) is 2.18. The van der Waals surface area contributed by atoms with Gasteiger partial charge in [-0.25, -0.2) is 0 Å². The standard InChI is InChI=1S/C15H24N2O2/c1-13(2)8-9-14(18)16-10-4-6-12-17-11-5-3-7-15(17)19/h3,5,7,11,13H,4,6,8-10,12H2,1-2H3,(H,16,18). The first-order valence-electron chi connectivity index (χ1n) is 7.02. The van der Waals surface area contributed by atoms with E-state index >= 15 is 0 Å². The molecule has 0 atom stereocenters. The van der Waals surface area contributed by atoms with Gasteiger partial charge >= 0.3 is 0 Å². The van der Waals surface area contributed by atoms with Crippen molar-refractivity contribution in [3.05, 3.63) is 34.7 Å². The van der Waals surface area contributed by atoms with Gasteiger partial charge < -0.3 is 9.88 Å². The van der Waals surface area contributed by atoms with Crippen molar-refractivity contribution in [1.29, 1.82) is 0 Å². The molecule has 0 bridgehead atoms. The largest absolute Gasteiger partial charge is 0.356 e. The van der Waals surface area contributed by atoms with Crippen molar-refractivity contribution in [3.8, 4) is 0 Å². The van der Waals surface area contributed by atoms with Crippen LogP contribution >= 0.6 is 0 Å². The Morgan fingerprint density at radius 2 is 2.11 bits per heavy atom. The molecule has 1 N–H and O–H groups in total. The summed E-state index contributed by atoms with van der Waals surface area (Å²) < 4.78 is 1.70. The second kappa shape index (κ2) is 8.51. The second-order valence-electron chi connectivity index (χ2n) is 5.22. The summed E-state index contributed by atoms with van der Waals surface area (Å²) in [5.41, 5.74) is 0.0310. The maximum absolute atomic E-state index is 11.5. The number of carbonyl (C=O) groups excluding carboxylic acids is 1. The summed E-state index contributed by atoms with van der Waals surface area (Å²) in [5, 5.41) is 2.91. The van der Waals surface area contributed by atoms with Crippen molar-refractivity contribution in [1.82, 2.24) is 9.88 Å². The van der Waals surface area contributed by atoms with E-state index in [0.717, 1.165) is 19.3 Å². The number of nitrogens with zero attached hydrogens (tertiary/aromatic N) is 1. The van der Waals surface area contributed by atoms with Crippen LogP contribution in [0.5, 0.6) is 0 Å². The first kappa shape index (κ1) is 15.5. The molecule has 0 unspecified atom stereocenters. The van der Waals surface area contributed by atoms with Crippen molar-refractivity contribution in [2.24, 2.45) is 5.92 Å². The Balaban J connectivity index is 2.10. The molecule has 1 rings (SSSR count). The molecule has 106 valence electrons. The number of hydrogen-bond acceptors (Lipinski definition) is 2. The van der Waals surface area contributed by atoms with E-state index in [0.29, 0.717) is 25.4 Å². The topological polar surface area (TPSA) is 51.1 Å². The quantitative estimate of drug-likeness (QED) is 0.732. The summed E-state index contributed by atoms with van der Waals surface area (Å²) in [6.07, 6.45) is 5.13. The molecular formula is C15H24N2O2. The minimum atomic E-state index is 0.0310. The van der Waals surface area contributed by atoms with Crippen LogP contribution in [0.4, 0.5) is 0 Å². The number of rotatable bonds is 8.